The third-order valence-corrected chi connectivity index (χ3v) is 4.52. The molecule has 23 heavy (non-hydrogen) atoms. The number of carbonyl (C=O) groups excluding carboxylic acids is 2. The zero-order chi connectivity index (χ0) is 17.6. The number of amides is 2. The van der Waals surface area contributed by atoms with Crippen LogP contribution in [-0.2, 0) is 20.5 Å². The lowest BCUT2D eigenvalue weighted by Gasteiger charge is -2.24. The molecule has 0 spiro atoms. The van der Waals surface area contributed by atoms with Crippen molar-refractivity contribution in [2.24, 2.45) is 5.92 Å². The Morgan fingerprint density at radius 1 is 1.35 bits per heavy atom. The molecule has 8 heteroatoms. The Kier molecular flexibility index (Phi) is 7.21. The third kappa shape index (κ3) is 7.60. The minimum atomic E-state index is -1.63. The second-order valence-electron chi connectivity index (χ2n) is 6.52. The number of ether oxygens (including phenoxy) is 1. The van der Waals surface area contributed by atoms with Crippen molar-refractivity contribution in [2.75, 3.05) is 0 Å². The Hall–Kier alpha value is -1.41. The Bertz CT molecular complexity index is 550. The molecule has 0 aliphatic carbocycles. The molecule has 2 atom stereocenters. The van der Waals surface area contributed by atoms with Crippen LogP contribution in [0.1, 0.15) is 41.0 Å². The first-order valence-corrected chi connectivity index (χ1v) is 9.41. The minimum absolute atomic E-state index is 0.176. The summed E-state index contributed by atoms with van der Waals surface area (Å²) in [4.78, 5) is 24.7. The second-order valence-corrected chi connectivity index (χ2v) is 8.52. The first-order valence-electron chi connectivity index (χ1n) is 7.32. The molecule has 6 nitrogen and oxygen atoms in total. The van der Waals surface area contributed by atoms with Crippen molar-refractivity contribution in [3.05, 3.63) is 16.8 Å². The van der Waals surface area contributed by atoms with E-state index in [0.29, 0.717) is 11.3 Å². The first kappa shape index (κ1) is 19.6. The van der Waals surface area contributed by atoms with Gasteiger partial charge in [0, 0.05) is 5.38 Å². The van der Waals surface area contributed by atoms with Crippen molar-refractivity contribution in [3.63, 3.8) is 0 Å². The van der Waals surface area contributed by atoms with Crippen molar-refractivity contribution < 1.29 is 18.5 Å². The topological polar surface area (TPSA) is 84.5 Å². The molecule has 0 aromatic carbocycles. The molecule has 1 rings (SSSR count). The van der Waals surface area contributed by atoms with Crippen LogP contribution >= 0.6 is 11.3 Å². The molecule has 0 saturated carbocycles. The van der Waals surface area contributed by atoms with E-state index >= 15 is 0 Å². The van der Waals surface area contributed by atoms with Crippen LogP contribution in [0.15, 0.2) is 21.7 Å². The average molecular weight is 361 g/mol. The van der Waals surface area contributed by atoms with Crippen molar-refractivity contribution in [2.45, 2.75) is 57.6 Å². The van der Waals surface area contributed by atoms with Crippen LogP contribution in [0.3, 0.4) is 0 Å². The summed E-state index contributed by atoms with van der Waals surface area (Å²) in [6.07, 6.45) is -0.244. The lowest BCUT2D eigenvalue weighted by atomic mass is 10.0. The lowest BCUT2D eigenvalue weighted by molar-refractivity contribution is -0.121. The van der Waals surface area contributed by atoms with E-state index in [-0.39, 0.29) is 5.92 Å². The predicted octanol–water partition coefficient (Wildman–Crippen LogP) is 2.83. The molecule has 130 valence electrons. The zero-order valence-electron chi connectivity index (χ0n) is 14.0. The Morgan fingerprint density at radius 3 is 2.48 bits per heavy atom. The SMILES string of the molecule is CC(C)C[C@H](NC(=O)OC(C)(C)C)C(=O)NS(=O)c1ccsc1. The summed E-state index contributed by atoms with van der Waals surface area (Å²) in [6.45, 7) is 9.11. The Labute approximate surface area is 143 Å². The molecular weight excluding hydrogens is 336 g/mol. The number of carbonyl (C=O) groups is 2. The van der Waals surface area contributed by atoms with Crippen LogP contribution < -0.4 is 10.0 Å². The molecule has 1 heterocycles. The highest BCUT2D eigenvalue weighted by atomic mass is 32.2. The summed E-state index contributed by atoms with van der Waals surface area (Å²) in [7, 11) is -1.63. The molecule has 2 amide bonds. The van der Waals surface area contributed by atoms with Gasteiger partial charge in [-0.25, -0.2) is 9.00 Å². The molecule has 1 aromatic heterocycles. The maximum Gasteiger partial charge on any atom is 0.408 e. The molecule has 0 fully saturated rings. The van der Waals surface area contributed by atoms with Gasteiger partial charge in [0.05, 0.1) is 4.90 Å². The van der Waals surface area contributed by atoms with Gasteiger partial charge in [0.1, 0.15) is 11.6 Å². The van der Waals surface area contributed by atoms with E-state index in [1.54, 1.807) is 37.6 Å². The highest BCUT2D eigenvalue weighted by Crippen LogP contribution is 2.12. The molecular formula is C15H24N2O4S2. The van der Waals surface area contributed by atoms with Crippen LogP contribution in [0.5, 0.6) is 0 Å². The van der Waals surface area contributed by atoms with Gasteiger partial charge in [-0.05, 0) is 44.6 Å². The van der Waals surface area contributed by atoms with Crippen molar-refractivity contribution in [1.29, 1.82) is 0 Å². The predicted molar refractivity (Wildman–Crippen MR) is 91.5 cm³/mol. The van der Waals surface area contributed by atoms with Gasteiger partial charge in [-0.1, -0.05) is 13.8 Å². The molecule has 0 saturated heterocycles. The molecule has 0 radical (unpaired) electrons. The maximum absolute atomic E-state index is 12.3. The van der Waals surface area contributed by atoms with Crippen LogP contribution in [0.25, 0.3) is 0 Å². The van der Waals surface area contributed by atoms with E-state index in [2.05, 4.69) is 10.0 Å². The van der Waals surface area contributed by atoms with Crippen LogP contribution in [0.4, 0.5) is 4.79 Å². The lowest BCUT2D eigenvalue weighted by Crippen LogP contribution is -2.49. The molecule has 0 aliphatic rings. The van der Waals surface area contributed by atoms with Crippen molar-refractivity contribution in [1.82, 2.24) is 10.0 Å². The number of rotatable bonds is 6. The number of nitrogens with one attached hydrogen (secondary N) is 2. The van der Waals surface area contributed by atoms with Gasteiger partial charge in [0.15, 0.2) is 11.0 Å². The van der Waals surface area contributed by atoms with Gasteiger partial charge < -0.3 is 10.1 Å². The van der Waals surface area contributed by atoms with Gasteiger partial charge >= 0.3 is 6.09 Å². The Morgan fingerprint density at radius 2 is 2.00 bits per heavy atom. The van der Waals surface area contributed by atoms with Crippen LogP contribution in [0.2, 0.25) is 0 Å². The number of thiophene rings is 1. The van der Waals surface area contributed by atoms with Crippen molar-refractivity contribution in [3.8, 4) is 0 Å². The van der Waals surface area contributed by atoms with E-state index < -0.39 is 34.6 Å². The average Bonchev–Trinajstić information content (AvgIpc) is 2.88. The largest absolute Gasteiger partial charge is 0.444 e. The molecule has 1 unspecified atom stereocenters. The van der Waals surface area contributed by atoms with E-state index in [9.17, 15) is 13.8 Å². The van der Waals surface area contributed by atoms with Crippen LogP contribution in [0, 0.1) is 5.92 Å². The van der Waals surface area contributed by atoms with Gasteiger partial charge in [0.25, 0.3) is 5.91 Å². The molecule has 2 N–H and O–H groups in total. The van der Waals surface area contributed by atoms with Crippen molar-refractivity contribution >= 4 is 34.3 Å². The van der Waals surface area contributed by atoms with E-state index in [1.807, 2.05) is 13.8 Å². The zero-order valence-corrected chi connectivity index (χ0v) is 15.7. The first-order chi connectivity index (χ1) is 10.6. The standard InChI is InChI=1S/C15H24N2O4S2/c1-10(2)8-12(16-14(19)21-15(3,4)5)13(18)17-23(20)11-6-7-22-9-11/h6-7,9-10,12H,8H2,1-5H3,(H,16,19)(H,17,18)/t12-,23?/m0/s1. The fourth-order valence-corrected chi connectivity index (χ4v) is 3.48. The van der Waals surface area contributed by atoms with Gasteiger partial charge in [-0.3, -0.25) is 9.52 Å². The fraction of sp³-hybridized carbons (Fsp3) is 0.600. The number of hydrogen-bond donors (Lipinski definition) is 2. The fourth-order valence-electron chi connectivity index (χ4n) is 1.73. The second kappa shape index (κ2) is 8.44. The highest BCUT2D eigenvalue weighted by molar-refractivity contribution is 7.83. The third-order valence-electron chi connectivity index (χ3n) is 2.62. The summed E-state index contributed by atoms with van der Waals surface area (Å²) in [5.41, 5.74) is -0.650. The molecule has 1 aromatic rings. The monoisotopic (exact) mass is 360 g/mol. The van der Waals surface area contributed by atoms with Crippen LogP contribution in [-0.4, -0.2) is 27.9 Å². The summed E-state index contributed by atoms with van der Waals surface area (Å²) >= 11 is 1.40. The summed E-state index contributed by atoms with van der Waals surface area (Å²) in [6, 6.07) is 0.882. The highest BCUT2D eigenvalue weighted by Gasteiger charge is 2.26. The van der Waals surface area contributed by atoms with Gasteiger partial charge in [0.2, 0.25) is 0 Å². The smallest absolute Gasteiger partial charge is 0.408 e. The van der Waals surface area contributed by atoms with E-state index in [0.717, 1.165) is 0 Å². The minimum Gasteiger partial charge on any atom is -0.444 e. The normalized spacial score (nSPS) is 14.2. The summed E-state index contributed by atoms with van der Waals surface area (Å²) in [5, 5.41) is 6.04. The van der Waals surface area contributed by atoms with E-state index in [4.69, 9.17) is 4.74 Å². The van der Waals surface area contributed by atoms with E-state index in [1.165, 1.54) is 11.3 Å². The maximum atomic E-state index is 12.3. The molecule has 0 aliphatic heterocycles. The summed E-state index contributed by atoms with van der Waals surface area (Å²) in [5.74, 6) is -0.315. The van der Waals surface area contributed by atoms with Gasteiger partial charge in [-0.15, -0.1) is 0 Å². The quantitative estimate of drug-likeness (QED) is 0.817. The number of alkyl carbamates (subject to hydrolysis) is 1. The summed E-state index contributed by atoms with van der Waals surface area (Å²) < 4.78 is 19.7. The number of hydrogen-bond acceptors (Lipinski definition) is 5. The molecule has 0 bridgehead atoms. The van der Waals surface area contributed by atoms with Gasteiger partial charge in [-0.2, -0.15) is 11.3 Å². The Balaban J connectivity index is 2.70.